The van der Waals surface area contributed by atoms with Crippen LogP contribution in [0, 0.1) is 5.92 Å². The van der Waals surface area contributed by atoms with Crippen LogP contribution in [0.3, 0.4) is 0 Å². The standard InChI is InChI=1S/C21H27NO.C2H6/c1-3-23-17(2)20-15-22(14-18-10-6-4-7-11-18)16-21(20)19-12-8-5-9-13-19;1-2/h4-13,17,20-21H,3,14-16H2,1-2H3;1-2H3/t17-,20+,21+;/m1./s1. The molecule has 1 aliphatic heterocycles. The molecule has 0 N–H and O–H groups in total. The van der Waals surface area contributed by atoms with Crippen LogP contribution in [0.15, 0.2) is 60.7 Å². The molecule has 2 nitrogen and oxygen atoms in total. The summed E-state index contributed by atoms with van der Waals surface area (Å²) in [7, 11) is 0. The summed E-state index contributed by atoms with van der Waals surface area (Å²) in [5.41, 5.74) is 2.84. The lowest BCUT2D eigenvalue weighted by atomic mass is 9.86. The van der Waals surface area contributed by atoms with Crippen molar-refractivity contribution in [3.63, 3.8) is 0 Å². The van der Waals surface area contributed by atoms with Crippen LogP contribution in [0.4, 0.5) is 0 Å². The molecular formula is C23H33NO. The summed E-state index contributed by atoms with van der Waals surface area (Å²) < 4.78 is 5.95. The number of likely N-dealkylation sites (tertiary alicyclic amines) is 1. The predicted octanol–water partition coefficient (Wildman–Crippen LogP) is 5.35. The first-order chi connectivity index (χ1) is 12.3. The molecule has 0 saturated carbocycles. The van der Waals surface area contributed by atoms with Gasteiger partial charge in [-0.1, -0.05) is 74.5 Å². The Morgan fingerprint density at radius 3 is 2.16 bits per heavy atom. The van der Waals surface area contributed by atoms with Crippen LogP contribution in [-0.2, 0) is 11.3 Å². The maximum absolute atomic E-state index is 5.95. The second-order valence-corrected chi connectivity index (χ2v) is 6.52. The molecule has 0 amide bonds. The highest BCUT2D eigenvalue weighted by Crippen LogP contribution is 2.36. The molecule has 1 heterocycles. The van der Waals surface area contributed by atoms with Gasteiger partial charge in [0.1, 0.15) is 0 Å². The molecule has 1 aliphatic rings. The summed E-state index contributed by atoms with van der Waals surface area (Å²) >= 11 is 0. The second kappa shape index (κ2) is 10.4. The first-order valence-electron chi connectivity index (χ1n) is 9.70. The Hall–Kier alpha value is -1.64. The summed E-state index contributed by atoms with van der Waals surface area (Å²) in [6.07, 6.45) is 0.297. The van der Waals surface area contributed by atoms with Crippen LogP contribution in [0.1, 0.15) is 44.7 Å². The summed E-state index contributed by atoms with van der Waals surface area (Å²) in [5, 5.41) is 0. The van der Waals surface area contributed by atoms with Crippen LogP contribution >= 0.6 is 0 Å². The largest absolute Gasteiger partial charge is 0.378 e. The van der Waals surface area contributed by atoms with Crippen molar-refractivity contribution in [2.75, 3.05) is 19.7 Å². The van der Waals surface area contributed by atoms with E-state index in [9.17, 15) is 0 Å². The van der Waals surface area contributed by atoms with E-state index >= 15 is 0 Å². The molecule has 0 spiro atoms. The first-order valence-corrected chi connectivity index (χ1v) is 9.70. The molecule has 0 aromatic heterocycles. The summed E-state index contributed by atoms with van der Waals surface area (Å²) in [4.78, 5) is 2.58. The Morgan fingerprint density at radius 2 is 1.56 bits per heavy atom. The SMILES string of the molecule is CC.CCO[C@H](C)[C@@H]1CN(Cc2ccccc2)C[C@H]1c1ccccc1. The van der Waals surface area contributed by atoms with Crippen molar-refractivity contribution in [1.29, 1.82) is 0 Å². The molecule has 25 heavy (non-hydrogen) atoms. The van der Waals surface area contributed by atoms with Crippen molar-refractivity contribution >= 4 is 0 Å². The van der Waals surface area contributed by atoms with E-state index in [2.05, 4.69) is 79.4 Å². The molecule has 2 aromatic rings. The zero-order valence-corrected chi connectivity index (χ0v) is 16.2. The number of benzene rings is 2. The van der Waals surface area contributed by atoms with Gasteiger partial charge in [0.15, 0.2) is 0 Å². The maximum Gasteiger partial charge on any atom is 0.0593 e. The number of rotatable bonds is 6. The Labute approximate surface area is 153 Å². The zero-order valence-electron chi connectivity index (χ0n) is 16.2. The molecule has 1 saturated heterocycles. The van der Waals surface area contributed by atoms with Crippen molar-refractivity contribution in [1.82, 2.24) is 4.90 Å². The van der Waals surface area contributed by atoms with Gasteiger partial charge in [0.05, 0.1) is 6.10 Å². The lowest BCUT2D eigenvalue weighted by molar-refractivity contribution is 0.0311. The molecule has 3 rings (SSSR count). The van der Waals surface area contributed by atoms with Gasteiger partial charge in [-0.05, 0) is 25.0 Å². The molecule has 0 radical (unpaired) electrons. The van der Waals surface area contributed by atoms with Crippen LogP contribution in [-0.4, -0.2) is 30.7 Å². The van der Waals surface area contributed by atoms with Crippen molar-refractivity contribution in [3.05, 3.63) is 71.8 Å². The highest BCUT2D eigenvalue weighted by molar-refractivity contribution is 5.23. The van der Waals surface area contributed by atoms with Gasteiger partial charge in [-0.25, -0.2) is 0 Å². The van der Waals surface area contributed by atoms with Gasteiger partial charge in [0.25, 0.3) is 0 Å². The molecule has 2 aromatic carbocycles. The Kier molecular flexibility index (Phi) is 8.17. The van der Waals surface area contributed by atoms with Crippen molar-refractivity contribution in [2.45, 2.75) is 46.3 Å². The third kappa shape index (κ3) is 5.42. The molecule has 0 bridgehead atoms. The highest BCUT2D eigenvalue weighted by atomic mass is 16.5. The highest BCUT2D eigenvalue weighted by Gasteiger charge is 2.37. The molecule has 0 unspecified atom stereocenters. The molecule has 0 aliphatic carbocycles. The quantitative estimate of drug-likeness (QED) is 0.703. The minimum Gasteiger partial charge on any atom is -0.378 e. The van der Waals surface area contributed by atoms with E-state index in [1.165, 1.54) is 11.1 Å². The molecule has 136 valence electrons. The minimum atomic E-state index is 0.297. The van der Waals surface area contributed by atoms with Gasteiger partial charge >= 0.3 is 0 Å². The number of hydrogen-bond acceptors (Lipinski definition) is 2. The van der Waals surface area contributed by atoms with E-state index in [4.69, 9.17) is 4.74 Å². The van der Waals surface area contributed by atoms with E-state index in [1.54, 1.807) is 0 Å². The monoisotopic (exact) mass is 339 g/mol. The fourth-order valence-electron chi connectivity index (χ4n) is 3.80. The molecule has 2 heteroatoms. The van der Waals surface area contributed by atoms with Gasteiger partial charge in [0, 0.05) is 38.1 Å². The fraction of sp³-hybridized carbons (Fsp3) is 0.478. The Morgan fingerprint density at radius 1 is 0.960 bits per heavy atom. The Balaban J connectivity index is 0.00000109. The van der Waals surface area contributed by atoms with E-state index in [0.29, 0.717) is 17.9 Å². The van der Waals surface area contributed by atoms with Gasteiger partial charge in [-0.15, -0.1) is 0 Å². The molecule has 1 fully saturated rings. The smallest absolute Gasteiger partial charge is 0.0593 e. The minimum absolute atomic E-state index is 0.297. The third-order valence-electron chi connectivity index (χ3n) is 4.95. The molecular weight excluding hydrogens is 306 g/mol. The van der Waals surface area contributed by atoms with Crippen molar-refractivity contribution in [3.8, 4) is 0 Å². The van der Waals surface area contributed by atoms with Gasteiger partial charge in [-0.3, -0.25) is 4.90 Å². The average molecular weight is 340 g/mol. The third-order valence-corrected chi connectivity index (χ3v) is 4.95. The van der Waals surface area contributed by atoms with Gasteiger partial charge in [0.2, 0.25) is 0 Å². The van der Waals surface area contributed by atoms with Crippen molar-refractivity contribution in [2.24, 2.45) is 5.92 Å². The fourth-order valence-corrected chi connectivity index (χ4v) is 3.80. The van der Waals surface area contributed by atoms with E-state index in [1.807, 2.05) is 13.8 Å². The van der Waals surface area contributed by atoms with E-state index < -0.39 is 0 Å². The van der Waals surface area contributed by atoms with Gasteiger partial charge in [-0.2, -0.15) is 0 Å². The second-order valence-electron chi connectivity index (χ2n) is 6.52. The summed E-state index contributed by atoms with van der Waals surface area (Å²) in [6.45, 7) is 12.4. The number of hydrogen-bond donors (Lipinski definition) is 0. The average Bonchev–Trinajstić information content (AvgIpc) is 3.09. The zero-order chi connectivity index (χ0) is 18.1. The van der Waals surface area contributed by atoms with E-state index in [-0.39, 0.29) is 0 Å². The van der Waals surface area contributed by atoms with E-state index in [0.717, 1.165) is 26.2 Å². The number of ether oxygens (including phenoxy) is 1. The lowest BCUT2D eigenvalue weighted by Crippen LogP contribution is -2.27. The lowest BCUT2D eigenvalue weighted by Gasteiger charge is -2.25. The maximum atomic E-state index is 5.95. The van der Waals surface area contributed by atoms with Gasteiger partial charge < -0.3 is 4.74 Å². The van der Waals surface area contributed by atoms with Crippen molar-refractivity contribution < 1.29 is 4.74 Å². The summed E-state index contributed by atoms with van der Waals surface area (Å²) in [6, 6.07) is 21.7. The topological polar surface area (TPSA) is 12.5 Å². The molecule has 3 atom stereocenters. The van der Waals surface area contributed by atoms with Crippen LogP contribution in [0.25, 0.3) is 0 Å². The Bertz CT molecular complexity index is 584. The summed E-state index contributed by atoms with van der Waals surface area (Å²) in [5.74, 6) is 1.11. The van der Waals surface area contributed by atoms with Crippen LogP contribution in [0.5, 0.6) is 0 Å². The first kappa shape index (κ1) is 19.7. The predicted molar refractivity (Wildman–Crippen MR) is 107 cm³/mol. The van der Waals surface area contributed by atoms with Crippen LogP contribution < -0.4 is 0 Å². The normalized spacial score (nSPS) is 21.4. The van der Waals surface area contributed by atoms with Crippen LogP contribution in [0.2, 0.25) is 0 Å². The number of nitrogens with zero attached hydrogens (tertiary/aromatic N) is 1.